The van der Waals surface area contributed by atoms with Crippen molar-refractivity contribution in [3.05, 3.63) is 53.2 Å². The fourth-order valence-corrected chi connectivity index (χ4v) is 3.04. The highest BCUT2D eigenvalue weighted by atomic mass is 19.1. The Kier molecular flexibility index (Phi) is 4.86. The lowest BCUT2D eigenvalue weighted by Gasteiger charge is -2.33. The SMILES string of the molecule is CCc1ncnc(NCC(C)N2CCc3ccccc3C2)c1F. The lowest BCUT2D eigenvalue weighted by Crippen LogP contribution is -2.41. The molecule has 0 amide bonds. The Morgan fingerprint density at radius 2 is 2.04 bits per heavy atom. The molecule has 0 saturated heterocycles. The molecule has 0 spiro atoms. The van der Waals surface area contributed by atoms with E-state index in [1.54, 1.807) is 0 Å². The van der Waals surface area contributed by atoms with Gasteiger partial charge in [0.05, 0.1) is 5.69 Å². The molecule has 5 heteroatoms. The summed E-state index contributed by atoms with van der Waals surface area (Å²) in [5.74, 6) is -0.0210. The van der Waals surface area contributed by atoms with E-state index in [4.69, 9.17) is 0 Å². The van der Waals surface area contributed by atoms with Gasteiger partial charge in [-0.1, -0.05) is 31.2 Å². The van der Waals surface area contributed by atoms with E-state index in [2.05, 4.69) is 51.4 Å². The minimum Gasteiger partial charge on any atom is -0.366 e. The van der Waals surface area contributed by atoms with E-state index < -0.39 is 0 Å². The van der Waals surface area contributed by atoms with E-state index in [0.29, 0.717) is 30.5 Å². The van der Waals surface area contributed by atoms with E-state index in [9.17, 15) is 4.39 Å². The number of anilines is 1. The molecule has 0 radical (unpaired) electrons. The summed E-state index contributed by atoms with van der Waals surface area (Å²) in [7, 11) is 0. The predicted octanol–water partition coefficient (Wildman–Crippen LogP) is 3.04. The molecule has 1 aliphatic heterocycles. The molecular formula is C18H23FN4. The molecule has 2 aromatic rings. The Hall–Kier alpha value is -2.01. The topological polar surface area (TPSA) is 41.1 Å². The highest BCUT2D eigenvalue weighted by Gasteiger charge is 2.20. The van der Waals surface area contributed by atoms with Gasteiger partial charge >= 0.3 is 0 Å². The molecule has 1 atom stereocenters. The lowest BCUT2D eigenvalue weighted by atomic mass is 9.99. The number of hydrogen-bond acceptors (Lipinski definition) is 4. The fourth-order valence-electron chi connectivity index (χ4n) is 3.04. The van der Waals surface area contributed by atoms with Crippen LogP contribution in [0.5, 0.6) is 0 Å². The van der Waals surface area contributed by atoms with E-state index in [1.807, 2.05) is 6.92 Å². The number of nitrogens with zero attached hydrogens (tertiary/aromatic N) is 3. The van der Waals surface area contributed by atoms with Gasteiger partial charge in [-0.25, -0.2) is 14.4 Å². The smallest absolute Gasteiger partial charge is 0.186 e. The molecule has 0 fully saturated rings. The quantitative estimate of drug-likeness (QED) is 0.921. The molecule has 1 N–H and O–H groups in total. The number of hydrogen-bond donors (Lipinski definition) is 1. The van der Waals surface area contributed by atoms with Crippen LogP contribution in [0.2, 0.25) is 0 Å². The lowest BCUT2D eigenvalue weighted by molar-refractivity contribution is 0.198. The normalized spacial score (nSPS) is 16.0. The minimum atomic E-state index is -0.328. The van der Waals surface area contributed by atoms with Crippen LogP contribution in [-0.4, -0.2) is 34.0 Å². The number of benzene rings is 1. The summed E-state index contributed by atoms with van der Waals surface area (Å²) < 4.78 is 14.2. The second kappa shape index (κ2) is 7.04. The largest absolute Gasteiger partial charge is 0.366 e. The van der Waals surface area contributed by atoms with Crippen molar-refractivity contribution in [2.75, 3.05) is 18.4 Å². The van der Waals surface area contributed by atoms with Crippen molar-refractivity contribution in [1.82, 2.24) is 14.9 Å². The third kappa shape index (κ3) is 3.50. The average Bonchev–Trinajstić information content (AvgIpc) is 2.60. The average molecular weight is 314 g/mol. The second-order valence-electron chi connectivity index (χ2n) is 6.06. The first-order chi connectivity index (χ1) is 11.2. The Morgan fingerprint density at radius 1 is 1.26 bits per heavy atom. The van der Waals surface area contributed by atoms with Gasteiger partial charge in [0.25, 0.3) is 0 Å². The molecule has 122 valence electrons. The standard InChI is InChI=1S/C18H23FN4/c1-3-16-17(19)18(22-12-21-16)20-10-13(2)23-9-8-14-6-4-5-7-15(14)11-23/h4-7,12-13H,3,8-11H2,1-2H3,(H,20,21,22). The maximum Gasteiger partial charge on any atom is 0.186 e. The van der Waals surface area contributed by atoms with Gasteiger partial charge in [0.15, 0.2) is 11.6 Å². The van der Waals surface area contributed by atoms with E-state index in [0.717, 1.165) is 19.5 Å². The van der Waals surface area contributed by atoms with Crippen molar-refractivity contribution in [1.29, 1.82) is 0 Å². The highest BCUT2D eigenvalue weighted by molar-refractivity contribution is 5.37. The van der Waals surface area contributed by atoms with E-state index >= 15 is 0 Å². The molecule has 2 heterocycles. The third-order valence-corrected chi connectivity index (χ3v) is 4.55. The number of aromatic nitrogens is 2. The van der Waals surface area contributed by atoms with Gasteiger partial charge in [-0.05, 0) is 30.9 Å². The number of nitrogens with one attached hydrogen (secondary N) is 1. The molecule has 23 heavy (non-hydrogen) atoms. The highest BCUT2D eigenvalue weighted by Crippen LogP contribution is 2.20. The summed E-state index contributed by atoms with van der Waals surface area (Å²) >= 11 is 0. The number of fused-ring (bicyclic) bond motifs is 1. The summed E-state index contributed by atoms with van der Waals surface area (Å²) in [4.78, 5) is 10.4. The van der Waals surface area contributed by atoms with Crippen molar-refractivity contribution in [3.63, 3.8) is 0 Å². The third-order valence-electron chi connectivity index (χ3n) is 4.55. The maximum absolute atomic E-state index is 14.2. The van der Waals surface area contributed by atoms with Crippen LogP contribution in [0, 0.1) is 5.82 Å². The Bertz CT molecular complexity index is 674. The molecule has 1 aromatic carbocycles. The van der Waals surface area contributed by atoms with E-state index in [1.165, 1.54) is 17.5 Å². The van der Waals surface area contributed by atoms with Crippen LogP contribution >= 0.6 is 0 Å². The molecule has 1 aromatic heterocycles. The zero-order chi connectivity index (χ0) is 16.2. The van der Waals surface area contributed by atoms with Crippen LogP contribution in [0.25, 0.3) is 0 Å². The van der Waals surface area contributed by atoms with Crippen LogP contribution in [0.15, 0.2) is 30.6 Å². The number of halogens is 1. The van der Waals surface area contributed by atoms with Crippen molar-refractivity contribution in [2.45, 2.75) is 39.3 Å². The first kappa shape index (κ1) is 15.9. The maximum atomic E-state index is 14.2. The van der Waals surface area contributed by atoms with Crippen molar-refractivity contribution in [2.24, 2.45) is 0 Å². The molecule has 1 aliphatic rings. The summed E-state index contributed by atoms with van der Waals surface area (Å²) in [5, 5.41) is 3.14. The summed E-state index contributed by atoms with van der Waals surface area (Å²) in [5.41, 5.74) is 3.30. The van der Waals surface area contributed by atoms with Crippen molar-refractivity contribution >= 4 is 5.82 Å². The van der Waals surface area contributed by atoms with Crippen LogP contribution in [0.1, 0.15) is 30.7 Å². The Morgan fingerprint density at radius 3 is 2.83 bits per heavy atom. The molecule has 3 rings (SSSR count). The van der Waals surface area contributed by atoms with Gasteiger partial charge in [-0.2, -0.15) is 0 Å². The van der Waals surface area contributed by atoms with Gasteiger partial charge in [0.2, 0.25) is 0 Å². The zero-order valence-corrected chi connectivity index (χ0v) is 13.7. The van der Waals surface area contributed by atoms with E-state index in [-0.39, 0.29) is 5.82 Å². The number of aryl methyl sites for hydroxylation is 1. The van der Waals surface area contributed by atoms with Gasteiger partial charge in [-0.3, -0.25) is 4.90 Å². The van der Waals surface area contributed by atoms with Gasteiger partial charge < -0.3 is 5.32 Å². The Labute approximate surface area is 136 Å². The van der Waals surface area contributed by atoms with Crippen LogP contribution < -0.4 is 5.32 Å². The first-order valence-corrected chi connectivity index (χ1v) is 8.23. The molecule has 0 saturated carbocycles. The minimum absolute atomic E-state index is 0.307. The first-order valence-electron chi connectivity index (χ1n) is 8.23. The summed E-state index contributed by atoms with van der Waals surface area (Å²) in [6.07, 6.45) is 3.07. The predicted molar refractivity (Wildman–Crippen MR) is 89.9 cm³/mol. The molecule has 0 bridgehead atoms. The van der Waals surface area contributed by atoms with Crippen LogP contribution in [-0.2, 0) is 19.4 Å². The van der Waals surface area contributed by atoms with Crippen LogP contribution in [0.4, 0.5) is 10.2 Å². The number of rotatable bonds is 5. The summed E-state index contributed by atoms with van der Waals surface area (Å²) in [6.45, 7) is 6.71. The second-order valence-corrected chi connectivity index (χ2v) is 6.06. The van der Waals surface area contributed by atoms with Gasteiger partial charge in [-0.15, -0.1) is 0 Å². The van der Waals surface area contributed by atoms with Crippen molar-refractivity contribution < 1.29 is 4.39 Å². The monoisotopic (exact) mass is 314 g/mol. The molecule has 1 unspecified atom stereocenters. The Balaban J connectivity index is 1.61. The molecular weight excluding hydrogens is 291 g/mol. The van der Waals surface area contributed by atoms with Gasteiger partial charge in [0, 0.05) is 25.7 Å². The van der Waals surface area contributed by atoms with Crippen LogP contribution in [0.3, 0.4) is 0 Å². The van der Waals surface area contributed by atoms with Gasteiger partial charge in [0.1, 0.15) is 6.33 Å². The summed E-state index contributed by atoms with van der Waals surface area (Å²) in [6, 6.07) is 8.90. The molecule has 0 aliphatic carbocycles. The fraction of sp³-hybridized carbons (Fsp3) is 0.444. The zero-order valence-electron chi connectivity index (χ0n) is 13.7. The molecule has 4 nitrogen and oxygen atoms in total. The van der Waals surface area contributed by atoms with Crippen molar-refractivity contribution in [3.8, 4) is 0 Å².